The monoisotopic (exact) mass is 341 g/mol. The summed E-state index contributed by atoms with van der Waals surface area (Å²) in [6.45, 7) is 2.12. The van der Waals surface area contributed by atoms with Gasteiger partial charge in [0.05, 0.1) is 4.21 Å². The van der Waals surface area contributed by atoms with E-state index in [9.17, 15) is 0 Å². The van der Waals surface area contributed by atoms with E-state index in [0.717, 1.165) is 17.3 Å². The van der Waals surface area contributed by atoms with Crippen molar-refractivity contribution in [3.63, 3.8) is 0 Å². The van der Waals surface area contributed by atoms with E-state index in [1.807, 2.05) is 0 Å². The van der Waals surface area contributed by atoms with E-state index in [1.54, 1.807) is 23.1 Å². The molecule has 0 radical (unpaired) electrons. The smallest absolute Gasteiger partial charge is 0.0646 e. The highest BCUT2D eigenvalue weighted by Crippen LogP contribution is 2.33. The van der Waals surface area contributed by atoms with E-state index in [1.165, 1.54) is 14.7 Å². The highest BCUT2D eigenvalue weighted by Gasteiger charge is 2.07. The first kappa shape index (κ1) is 14.1. The zero-order valence-corrected chi connectivity index (χ0v) is 13.4. The van der Waals surface area contributed by atoms with Gasteiger partial charge in [-0.2, -0.15) is 0 Å². The molecule has 1 atom stereocenters. The predicted molar refractivity (Wildman–Crippen MR) is 84.6 cm³/mol. The second-order valence-electron chi connectivity index (χ2n) is 4.16. The second-order valence-corrected chi connectivity index (χ2v) is 7.34. The molecule has 2 rings (SSSR count). The van der Waals surface area contributed by atoms with Crippen molar-refractivity contribution in [1.82, 2.24) is 0 Å². The van der Waals surface area contributed by atoms with Crippen molar-refractivity contribution in [2.45, 2.75) is 34.9 Å². The van der Waals surface area contributed by atoms with Gasteiger partial charge in [-0.1, -0.05) is 46.7 Å². The summed E-state index contributed by atoms with van der Waals surface area (Å²) in [6.07, 6.45) is 1.94. The lowest BCUT2D eigenvalue weighted by Gasteiger charge is -2.11. The van der Waals surface area contributed by atoms with Crippen LogP contribution in [0.2, 0.25) is 0 Å². The van der Waals surface area contributed by atoms with Crippen LogP contribution in [0.15, 0.2) is 49.3 Å². The van der Waals surface area contributed by atoms with E-state index in [4.69, 9.17) is 5.73 Å². The maximum atomic E-state index is 6.00. The van der Waals surface area contributed by atoms with Gasteiger partial charge in [0.15, 0.2) is 0 Å². The summed E-state index contributed by atoms with van der Waals surface area (Å²) < 4.78 is 2.48. The maximum Gasteiger partial charge on any atom is 0.0646 e. The first-order valence-electron chi connectivity index (χ1n) is 5.94. The number of thiophene rings is 1. The number of nitrogens with two attached hydrogens (primary N) is 1. The normalized spacial score (nSPS) is 12.6. The van der Waals surface area contributed by atoms with Crippen LogP contribution in [0, 0.1) is 0 Å². The van der Waals surface area contributed by atoms with Crippen molar-refractivity contribution in [3.8, 4) is 0 Å². The molecule has 96 valence electrons. The third-order valence-corrected chi connectivity index (χ3v) is 5.51. The van der Waals surface area contributed by atoms with Gasteiger partial charge in [0, 0.05) is 15.4 Å². The van der Waals surface area contributed by atoms with Crippen LogP contribution in [0.1, 0.15) is 18.9 Å². The Hall–Kier alpha value is -0.290. The third kappa shape index (κ3) is 3.85. The molecule has 0 bridgehead atoms. The van der Waals surface area contributed by atoms with Crippen molar-refractivity contribution in [1.29, 1.82) is 0 Å². The van der Waals surface area contributed by atoms with E-state index in [0.29, 0.717) is 0 Å². The molecule has 0 aliphatic heterocycles. The van der Waals surface area contributed by atoms with Crippen molar-refractivity contribution < 1.29 is 0 Å². The molecule has 2 aromatic rings. The van der Waals surface area contributed by atoms with Crippen LogP contribution in [0.5, 0.6) is 0 Å². The third-order valence-electron chi connectivity index (χ3n) is 2.74. The van der Waals surface area contributed by atoms with Gasteiger partial charge >= 0.3 is 0 Å². The van der Waals surface area contributed by atoms with Gasteiger partial charge in [-0.3, -0.25) is 0 Å². The molecule has 4 heteroatoms. The fourth-order valence-corrected chi connectivity index (χ4v) is 4.10. The highest BCUT2D eigenvalue weighted by molar-refractivity contribution is 9.10. The summed E-state index contributed by atoms with van der Waals surface area (Å²) in [4.78, 5) is 1.26. The van der Waals surface area contributed by atoms with Gasteiger partial charge < -0.3 is 5.73 Å². The molecule has 1 unspecified atom stereocenters. The van der Waals surface area contributed by atoms with Gasteiger partial charge in [0.2, 0.25) is 0 Å². The molecule has 0 saturated heterocycles. The molecule has 0 spiro atoms. The minimum Gasteiger partial charge on any atom is -0.327 e. The Morgan fingerprint density at radius 1 is 1.39 bits per heavy atom. The van der Waals surface area contributed by atoms with Crippen molar-refractivity contribution in [2.24, 2.45) is 5.73 Å². The van der Waals surface area contributed by atoms with Crippen LogP contribution < -0.4 is 5.73 Å². The summed E-state index contributed by atoms with van der Waals surface area (Å²) in [7, 11) is 0. The van der Waals surface area contributed by atoms with Gasteiger partial charge in [0.25, 0.3) is 0 Å². The minimum atomic E-state index is 0.247. The maximum absolute atomic E-state index is 6.00. The van der Waals surface area contributed by atoms with Crippen molar-refractivity contribution in [3.05, 3.63) is 45.7 Å². The largest absolute Gasteiger partial charge is 0.327 e. The van der Waals surface area contributed by atoms with Gasteiger partial charge in [-0.05, 0) is 42.0 Å². The minimum absolute atomic E-state index is 0.247. The van der Waals surface area contributed by atoms with E-state index >= 15 is 0 Å². The van der Waals surface area contributed by atoms with Crippen LogP contribution in [0.25, 0.3) is 0 Å². The molecule has 18 heavy (non-hydrogen) atoms. The molecule has 1 aromatic heterocycles. The molecule has 0 aliphatic rings. The zero-order valence-electron chi connectivity index (χ0n) is 10.2. The number of hydrogen-bond donors (Lipinski definition) is 1. The Balaban J connectivity index is 2.09. The first-order valence-corrected chi connectivity index (χ1v) is 8.43. The predicted octanol–water partition coefficient (Wildman–Crippen LogP) is 4.94. The summed E-state index contributed by atoms with van der Waals surface area (Å²) in [5.74, 6) is 0. The topological polar surface area (TPSA) is 26.0 Å². The molecule has 0 fully saturated rings. The molecule has 1 nitrogen and oxygen atoms in total. The van der Waals surface area contributed by atoms with Crippen LogP contribution in [0.4, 0.5) is 0 Å². The Morgan fingerprint density at radius 2 is 2.22 bits per heavy atom. The van der Waals surface area contributed by atoms with E-state index < -0.39 is 0 Å². The average molecular weight is 342 g/mol. The number of halogens is 1. The quantitative estimate of drug-likeness (QED) is 0.833. The van der Waals surface area contributed by atoms with E-state index in [2.05, 4.69) is 58.6 Å². The summed E-state index contributed by atoms with van der Waals surface area (Å²) in [6, 6.07) is 11.0. The lowest BCUT2D eigenvalue weighted by Crippen LogP contribution is -2.21. The SMILES string of the molecule is CCC(N)Cc1ccc(Sc2cccs2)cc1Br. The van der Waals surface area contributed by atoms with Crippen molar-refractivity contribution in [2.75, 3.05) is 0 Å². The Morgan fingerprint density at radius 3 is 2.83 bits per heavy atom. The Kier molecular flexibility index (Phi) is 5.30. The Bertz CT molecular complexity index is 497. The lowest BCUT2D eigenvalue weighted by molar-refractivity contribution is 0.645. The molecule has 0 amide bonds. The molecule has 2 N–H and O–H groups in total. The van der Waals surface area contributed by atoms with Crippen LogP contribution in [-0.2, 0) is 6.42 Å². The number of rotatable bonds is 5. The first-order chi connectivity index (χ1) is 8.69. The van der Waals surface area contributed by atoms with E-state index in [-0.39, 0.29) is 6.04 Å². The van der Waals surface area contributed by atoms with Gasteiger partial charge in [-0.15, -0.1) is 11.3 Å². The van der Waals surface area contributed by atoms with Crippen molar-refractivity contribution >= 4 is 39.0 Å². The molecule has 1 aromatic carbocycles. The summed E-state index contributed by atoms with van der Waals surface area (Å²) in [5.41, 5.74) is 7.29. The fraction of sp³-hybridized carbons (Fsp3) is 0.286. The van der Waals surface area contributed by atoms with Gasteiger partial charge in [-0.25, -0.2) is 0 Å². The Labute approximate surface area is 125 Å². The lowest BCUT2D eigenvalue weighted by atomic mass is 10.1. The summed E-state index contributed by atoms with van der Waals surface area (Å²) in [5, 5.41) is 2.10. The second kappa shape index (κ2) is 6.75. The molecular weight excluding hydrogens is 326 g/mol. The van der Waals surface area contributed by atoms with Crippen LogP contribution in [-0.4, -0.2) is 6.04 Å². The standard InChI is InChI=1S/C14H16BrNS2/c1-2-11(16)8-10-5-6-12(9-13(10)15)18-14-4-3-7-17-14/h3-7,9,11H,2,8,16H2,1H3. The summed E-state index contributed by atoms with van der Waals surface area (Å²) >= 11 is 7.21. The van der Waals surface area contributed by atoms with Gasteiger partial charge in [0.1, 0.15) is 0 Å². The zero-order chi connectivity index (χ0) is 13.0. The van der Waals surface area contributed by atoms with Crippen LogP contribution in [0.3, 0.4) is 0 Å². The fourth-order valence-electron chi connectivity index (χ4n) is 1.62. The number of hydrogen-bond acceptors (Lipinski definition) is 3. The molecule has 1 heterocycles. The number of benzene rings is 1. The van der Waals surface area contributed by atoms with Crippen LogP contribution >= 0.6 is 39.0 Å². The average Bonchev–Trinajstić information content (AvgIpc) is 2.85. The highest BCUT2D eigenvalue weighted by atomic mass is 79.9. The molecule has 0 aliphatic carbocycles. The molecule has 0 saturated carbocycles. The molecular formula is C14H16BrNS2.